The third-order valence-corrected chi connectivity index (χ3v) is 5.10. The Bertz CT molecular complexity index is 1350. The van der Waals surface area contributed by atoms with Gasteiger partial charge >= 0.3 is 12.4 Å². The fourth-order valence-corrected chi connectivity index (χ4v) is 3.52. The third kappa shape index (κ3) is 4.64. The molecule has 34 heavy (non-hydrogen) atoms. The van der Waals surface area contributed by atoms with E-state index in [2.05, 4.69) is 15.0 Å². The molecule has 0 unspecified atom stereocenters. The number of alkyl halides is 6. The first-order chi connectivity index (χ1) is 15.2. The molecule has 0 spiro atoms. The first kappa shape index (κ1) is 25.6. The van der Waals surface area contributed by atoms with Crippen molar-refractivity contribution in [2.45, 2.75) is 45.5 Å². The quantitative estimate of drug-likeness (QED) is 0.282. The van der Waals surface area contributed by atoms with Gasteiger partial charge < -0.3 is 9.40 Å². The van der Waals surface area contributed by atoms with Crippen molar-refractivity contribution in [2.24, 2.45) is 0 Å². The van der Waals surface area contributed by atoms with E-state index < -0.39 is 34.4 Å². The molecule has 0 saturated carbocycles. The maximum absolute atomic E-state index is 13.9. The number of benzene rings is 2. The van der Waals surface area contributed by atoms with E-state index in [0.717, 1.165) is 12.1 Å². The van der Waals surface area contributed by atoms with Crippen molar-refractivity contribution in [2.75, 3.05) is 0 Å². The largest absolute Gasteiger partial charge is 0.445 e. The molecule has 11 heteroatoms. The predicted molar refractivity (Wildman–Crippen MR) is 118 cm³/mol. The lowest BCUT2D eigenvalue weighted by molar-refractivity contribution is -0.137. The van der Waals surface area contributed by atoms with Gasteiger partial charge in [0.1, 0.15) is 17.0 Å². The molecule has 0 bridgehead atoms. The van der Waals surface area contributed by atoms with Gasteiger partial charge in [-0.15, -0.1) is 12.4 Å². The zero-order chi connectivity index (χ0) is 24.3. The third-order valence-electron chi connectivity index (χ3n) is 5.10. The van der Waals surface area contributed by atoms with Gasteiger partial charge in [-0.05, 0) is 36.2 Å². The fraction of sp³-hybridized carbons (Fsp3) is 0.304. The van der Waals surface area contributed by atoms with Crippen LogP contribution in [0.25, 0.3) is 33.7 Å². The van der Waals surface area contributed by atoms with E-state index in [1.54, 1.807) is 6.92 Å². The molecule has 1 N–H and O–H groups in total. The molecule has 2 aromatic carbocycles. The molecular formula is C23H20ClF6N3O. The molecular weight excluding hydrogens is 484 g/mol. The minimum absolute atomic E-state index is 0. The first-order valence-electron chi connectivity index (χ1n) is 9.92. The van der Waals surface area contributed by atoms with Gasteiger partial charge in [0, 0.05) is 5.41 Å². The zero-order valence-corrected chi connectivity index (χ0v) is 19.3. The van der Waals surface area contributed by atoms with Crippen LogP contribution in [-0.4, -0.2) is 15.0 Å². The molecule has 0 atom stereocenters. The van der Waals surface area contributed by atoms with Crippen molar-refractivity contribution in [3.8, 4) is 22.6 Å². The Morgan fingerprint density at radius 3 is 2.03 bits per heavy atom. The van der Waals surface area contributed by atoms with E-state index in [1.807, 2.05) is 20.8 Å². The Labute approximate surface area is 196 Å². The van der Waals surface area contributed by atoms with Gasteiger partial charge in [-0.1, -0.05) is 39.0 Å². The van der Waals surface area contributed by atoms with Gasteiger partial charge in [0.2, 0.25) is 0 Å². The maximum Gasteiger partial charge on any atom is 0.418 e. The van der Waals surface area contributed by atoms with Crippen LogP contribution in [0.2, 0.25) is 0 Å². The topological polar surface area (TPSA) is 54.7 Å². The maximum atomic E-state index is 13.9. The van der Waals surface area contributed by atoms with E-state index in [1.165, 1.54) is 18.2 Å². The molecule has 2 heterocycles. The Hall–Kier alpha value is -3.01. The summed E-state index contributed by atoms with van der Waals surface area (Å²) in [4.78, 5) is 11.2. The van der Waals surface area contributed by atoms with Crippen LogP contribution in [-0.2, 0) is 17.8 Å². The molecule has 0 aliphatic heterocycles. The molecule has 0 radical (unpaired) electrons. The van der Waals surface area contributed by atoms with E-state index in [0.29, 0.717) is 17.7 Å². The number of imidazole rings is 1. The molecule has 0 amide bonds. The number of aryl methyl sites for hydroxylation is 1. The molecule has 4 aromatic rings. The summed E-state index contributed by atoms with van der Waals surface area (Å²) >= 11 is 0. The van der Waals surface area contributed by atoms with Crippen LogP contribution in [0.5, 0.6) is 0 Å². The Kier molecular flexibility index (Phi) is 6.28. The number of aromatic nitrogens is 3. The van der Waals surface area contributed by atoms with Crippen molar-refractivity contribution in [3.63, 3.8) is 0 Å². The lowest BCUT2D eigenvalue weighted by Gasteiger charge is -2.15. The smallest absolute Gasteiger partial charge is 0.418 e. The van der Waals surface area contributed by atoms with Crippen molar-refractivity contribution in [1.82, 2.24) is 15.0 Å². The number of hydrogen-bond donors (Lipinski definition) is 1. The van der Waals surface area contributed by atoms with Crippen LogP contribution in [0.3, 0.4) is 0 Å². The number of rotatable bonds is 2. The van der Waals surface area contributed by atoms with Gasteiger partial charge in [-0.3, -0.25) is 0 Å². The highest BCUT2D eigenvalue weighted by molar-refractivity contribution is 5.88. The molecule has 0 fully saturated rings. The second-order valence-electron chi connectivity index (χ2n) is 8.72. The van der Waals surface area contributed by atoms with Crippen LogP contribution in [0.4, 0.5) is 26.3 Å². The second-order valence-corrected chi connectivity index (χ2v) is 8.72. The van der Waals surface area contributed by atoms with Crippen molar-refractivity contribution in [1.29, 1.82) is 0 Å². The van der Waals surface area contributed by atoms with Crippen molar-refractivity contribution in [3.05, 3.63) is 59.2 Å². The predicted octanol–water partition coefficient (Wildman–Crippen LogP) is 7.95. The summed E-state index contributed by atoms with van der Waals surface area (Å²) in [5.74, 6) is 0.773. The SMILES string of the molecule is Cc1oc(C(C)(C)C)nc1-c1nc2c(C(F)(F)F)cc(-c3ccccc3C(F)(F)F)cc2[nH]1.Cl. The highest BCUT2D eigenvalue weighted by atomic mass is 35.5. The minimum Gasteiger partial charge on any atom is -0.445 e. The van der Waals surface area contributed by atoms with Crippen LogP contribution < -0.4 is 0 Å². The van der Waals surface area contributed by atoms with Crippen molar-refractivity contribution < 1.29 is 30.8 Å². The average Bonchev–Trinajstić information content (AvgIpc) is 3.28. The van der Waals surface area contributed by atoms with E-state index in [4.69, 9.17) is 4.42 Å². The van der Waals surface area contributed by atoms with E-state index in [9.17, 15) is 26.3 Å². The standard InChI is InChI=1S/C23H19F6N3O.ClH/c1-11-17(32-20(33-11)21(2,3)4)19-30-16-10-12(9-15(18(16)31-19)23(27,28)29)13-7-5-6-8-14(13)22(24,25)26;/h5-10H,1-4H3,(H,30,31);1H. The lowest BCUT2D eigenvalue weighted by atomic mass is 9.96. The molecule has 2 aromatic heterocycles. The number of hydrogen-bond acceptors (Lipinski definition) is 3. The summed E-state index contributed by atoms with van der Waals surface area (Å²) in [6.45, 7) is 7.22. The highest BCUT2D eigenvalue weighted by Crippen LogP contribution is 2.42. The summed E-state index contributed by atoms with van der Waals surface area (Å²) in [7, 11) is 0. The second kappa shape index (κ2) is 8.33. The number of oxazole rings is 1. The number of halogens is 7. The van der Waals surface area contributed by atoms with Gasteiger partial charge in [-0.2, -0.15) is 26.3 Å². The summed E-state index contributed by atoms with van der Waals surface area (Å²) in [5.41, 5.74) is -3.45. The number of aromatic amines is 1. The van der Waals surface area contributed by atoms with Gasteiger partial charge in [0.25, 0.3) is 0 Å². The highest BCUT2D eigenvalue weighted by Gasteiger charge is 2.37. The summed E-state index contributed by atoms with van der Waals surface area (Å²) < 4.78 is 87.8. The van der Waals surface area contributed by atoms with Crippen LogP contribution >= 0.6 is 12.4 Å². The Balaban J connectivity index is 0.00000324. The summed E-state index contributed by atoms with van der Waals surface area (Å²) in [6, 6.07) is 6.41. The molecule has 0 saturated heterocycles. The van der Waals surface area contributed by atoms with Crippen LogP contribution in [0.1, 0.15) is 43.5 Å². The van der Waals surface area contributed by atoms with Gasteiger partial charge in [0.15, 0.2) is 11.7 Å². The fourth-order valence-electron chi connectivity index (χ4n) is 3.52. The zero-order valence-electron chi connectivity index (χ0n) is 18.4. The monoisotopic (exact) mass is 503 g/mol. The van der Waals surface area contributed by atoms with Gasteiger partial charge in [0.05, 0.1) is 16.6 Å². The Morgan fingerprint density at radius 2 is 1.47 bits per heavy atom. The lowest BCUT2D eigenvalue weighted by Crippen LogP contribution is -2.11. The van der Waals surface area contributed by atoms with Gasteiger partial charge in [-0.25, -0.2) is 9.97 Å². The summed E-state index contributed by atoms with van der Waals surface area (Å²) in [6.07, 6.45) is -9.58. The minimum atomic E-state index is -4.84. The van der Waals surface area contributed by atoms with E-state index >= 15 is 0 Å². The molecule has 4 rings (SSSR count). The first-order valence-corrected chi connectivity index (χ1v) is 9.92. The van der Waals surface area contributed by atoms with E-state index in [-0.39, 0.29) is 40.6 Å². The molecule has 0 aliphatic rings. The normalized spacial score (nSPS) is 12.8. The molecule has 0 aliphatic carbocycles. The van der Waals surface area contributed by atoms with Crippen LogP contribution in [0, 0.1) is 6.92 Å². The van der Waals surface area contributed by atoms with Crippen molar-refractivity contribution >= 4 is 23.4 Å². The number of H-pyrrole nitrogens is 1. The van der Waals surface area contributed by atoms with Crippen LogP contribution in [0.15, 0.2) is 40.8 Å². The number of nitrogens with zero attached hydrogens (tertiary/aromatic N) is 2. The molecule has 4 nitrogen and oxygen atoms in total. The number of nitrogens with one attached hydrogen (secondary N) is 1. The Morgan fingerprint density at radius 1 is 0.853 bits per heavy atom. The molecule has 182 valence electrons. The average molecular weight is 504 g/mol. The number of fused-ring (bicyclic) bond motifs is 1. The summed E-state index contributed by atoms with van der Waals surface area (Å²) in [5, 5.41) is 0.